The summed E-state index contributed by atoms with van der Waals surface area (Å²) >= 11 is 1.81. The second kappa shape index (κ2) is 5.66. The van der Waals surface area contributed by atoms with Crippen LogP contribution in [0.2, 0.25) is 0 Å². The predicted octanol–water partition coefficient (Wildman–Crippen LogP) is 5.12. The van der Waals surface area contributed by atoms with Gasteiger partial charge in [0, 0.05) is 10.3 Å². The van der Waals surface area contributed by atoms with Crippen molar-refractivity contribution in [3.63, 3.8) is 0 Å². The van der Waals surface area contributed by atoms with Crippen LogP contribution in [0.5, 0.6) is 0 Å². The molecule has 1 unspecified atom stereocenters. The van der Waals surface area contributed by atoms with Gasteiger partial charge in [-0.25, -0.2) is 0 Å². The van der Waals surface area contributed by atoms with Crippen LogP contribution in [0.15, 0.2) is 34.1 Å². The minimum absolute atomic E-state index is 0.198. The van der Waals surface area contributed by atoms with Crippen molar-refractivity contribution in [3.05, 3.63) is 57.9 Å². The number of aryl methyl sites for hydroxylation is 2. The molecule has 0 spiro atoms. The molecular formula is C18H21NOS. The smallest absolute Gasteiger partial charge is 0.106 e. The highest BCUT2D eigenvalue weighted by atomic mass is 32.1. The van der Waals surface area contributed by atoms with Gasteiger partial charge in [0.2, 0.25) is 0 Å². The summed E-state index contributed by atoms with van der Waals surface area (Å²) in [5.41, 5.74) is 3.90. The summed E-state index contributed by atoms with van der Waals surface area (Å²) in [6.45, 7) is 9.34. The Hall–Kier alpha value is -1.58. The summed E-state index contributed by atoms with van der Waals surface area (Å²) in [4.78, 5) is 0. The average molecular weight is 299 g/mol. The molecule has 2 heterocycles. The zero-order valence-electron chi connectivity index (χ0n) is 13.0. The van der Waals surface area contributed by atoms with Crippen LogP contribution in [-0.4, -0.2) is 6.54 Å². The molecule has 0 aliphatic carbocycles. The molecule has 0 amide bonds. The van der Waals surface area contributed by atoms with Gasteiger partial charge < -0.3 is 9.73 Å². The fourth-order valence-electron chi connectivity index (χ4n) is 3.03. The molecule has 1 aromatic carbocycles. The Balaban J connectivity index is 2.18. The molecular weight excluding hydrogens is 278 g/mol. The molecule has 3 aromatic rings. The molecule has 0 fully saturated rings. The first-order valence-electron chi connectivity index (χ1n) is 7.39. The number of thiophene rings is 1. The number of rotatable bonds is 4. The van der Waals surface area contributed by atoms with Crippen molar-refractivity contribution in [2.24, 2.45) is 0 Å². The van der Waals surface area contributed by atoms with Crippen molar-refractivity contribution >= 4 is 21.4 Å². The highest BCUT2D eigenvalue weighted by Gasteiger charge is 2.24. The van der Waals surface area contributed by atoms with Gasteiger partial charge in [0.05, 0.1) is 6.04 Å². The number of nitrogens with one attached hydrogen (secondary N) is 1. The van der Waals surface area contributed by atoms with Gasteiger partial charge in [0.15, 0.2) is 0 Å². The zero-order valence-corrected chi connectivity index (χ0v) is 13.8. The predicted molar refractivity (Wildman–Crippen MR) is 90.3 cm³/mol. The SMILES string of the molecule is CCNC(c1c(C)oc(C)c1C)c1csc2ccccc12. The van der Waals surface area contributed by atoms with Crippen LogP contribution in [0.3, 0.4) is 0 Å². The van der Waals surface area contributed by atoms with Gasteiger partial charge in [-0.05, 0) is 55.3 Å². The van der Waals surface area contributed by atoms with E-state index in [1.807, 2.05) is 18.3 Å². The summed E-state index contributed by atoms with van der Waals surface area (Å²) < 4.78 is 7.18. The molecule has 0 aliphatic heterocycles. The minimum Gasteiger partial charge on any atom is -0.466 e. The molecule has 3 heteroatoms. The fourth-order valence-corrected chi connectivity index (χ4v) is 4.02. The molecule has 1 atom stereocenters. The maximum atomic E-state index is 5.85. The lowest BCUT2D eigenvalue weighted by molar-refractivity contribution is 0.494. The summed E-state index contributed by atoms with van der Waals surface area (Å²) in [6, 6.07) is 8.81. The third-order valence-electron chi connectivity index (χ3n) is 4.14. The van der Waals surface area contributed by atoms with E-state index in [0.717, 1.165) is 18.1 Å². The molecule has 110 valence electrons. The van der Waals surface area contributed by atoms with E-state index in [2.05, 4.69) is 55.7 Å². The van der Waals surface area contributed by atoms with E-state index < -0.39 is 0 Å². The lowest BCUT2D eigenvalue weighted by Gasteiger charge is -2.18. The van der Waals surface area contributed by atoms with Crippen LogP contribution in [0.4, 0.5) is 0 Å². The van der Waals surface area contributed by atoms with E-state index in [0.29, 0.717) is 0 Å². The van der Waals surface area contributed by atoms with E-state index in [9.17, 15) is 0 Å². The second-order valence-corrected chi connectivity index (χ2v) is 6.34. The standard InChI is InChI=1S/C18H21NOS/c1-5-19-18(17-11(2)12(3)20-13(17)4)15-10-21-16-9-7-6-8-14(15)16/h6-10,18-19H,5H2,1-4H3. The molecule has 2 aromatic heterocycles. The summed E-state index contributed by atoms with van der Waals surface area (Å²) in [5, 5.41) is 7.25. The summed E-state index contributed by atoms with van der Waals surface area (Å²) in [5.74, 6) is 2.04. The zero-order chi connectivity index (χ0) is 15.0. The number of furan rings is 1. The Labute approximate surface area is 129 Å². The van der Waals surface area contributed by atoms with Gasteiger partial charge >= 0.3 is 0 Å². The van der Waals surface area contributed by atoms with Crippen molar-refractivity contribution in [3.8, 4) is 0 Å². The molecule has 0 radical (unpaired) electrons. The lowest BCUT2D eigenvalue weighted by atomic mass is 9.95. The second-order valence-electron chi connectivity index (χ2n) is 5.43. The molecule has 0 aliphatic rings. The van der Waals surface area contributed by atoms with E-state index in [4.69, 9.17) is 4.42 Å². The van der Waals surface area contributed by atoms with Crippen LogP contribution in [0.1, 0.15) is 41.2 Å². The number of hydrogen-bond acceptors (Lipinski definition) is 3. The molecule has 0 bridgehead atoms. The summed E-state index contributed by atoms with van der Waals surface area (Å²) in [7, 11) is 0. The first-order valence-corrected chi connectivity index (χ1v) is 8.27. The van der Waals surface area contributed by atoms with Crippen LogP contribution < -0.4 is 5.32 Å². The highest BCUT2D eigenvalue weighted by Crippen LogP contribution is 2.37. The molecule has 0 saturated carbocycles. The van der Waals surface area contributed by atoms with Crippen molar-refractivity contribution < 1.29 is 4.42 Å². The quantitative estimate of drug-likeness (QED) is 0.723. The van der Waals surface area contributed by atoms with Crippen molar-refractivity contribution in [2.75, 3.05) is 6.54 Å². The Morgan fingerprint density at radius 1 is 1.14 bits per heavy atom. The van der Waals surface area contributed by atoms with Gasteiger partial charge in [0.25, 0.3) is 0 Å². The first-order chi connectivity index (χ1) is 10.1. The van der Waals surface area contributed by atoms with Gasteiger partial charge in [-0.3, -0.25) is 0 Å². The van der Waals surface area contributed by atoms with Crippen LogP contribution >= 0.6 is 11.3 Å². The van der Waals surface area contributed by atoms with Crippen LogP contribution in [0, 0.1) is 20.8 Å². The third-order valence-corrected chi connectivity index (χ3v) is 5.12. The number of fused-ring (bicyclic) bond motifs is 1. The third kappa shape index (κ3) is 2.41. The highest BCUT2D eigenvalue weighted by molar-refractivity contribution is 7.17. The van der Waals surface area contributed by atoms with Gasteiger partial charge in [-0.15, -0.1) is 11.3 Å². The van der Waals surface area contributed by atoms with Gasteiger partial charge in [0.1, 0.15) is 11.5 Å². The summed E-state index contributed by atoms with van der Waals surface area (Å²) in [6.07, 6.45) is 0. The Morgan fingerprint density at radius 2 is 1.90 bits per heavy atom. The minimum atomic E-state index is 0.198. The van der Waals surface area contributed by atoms with Crippen molar-refractivity contribution in [1.82, 2.24) is 5.32 Å². The Kier molecular flexibility index (Phi) is 3.87. The number of hydrogen-bond donors (Lipinski definition) is 1. The topological polar surface area (TPSA) is 25.2 Å². The Morgan fingerprint density at radius 3 is 2.57 bits per heavy atom. The normalized spacial score (nSPS) is 13.0. The number of benzene rings is 1. The molecule has 3 rings (SSSR count). The van der Waals surface area contributed by atoms with Gasteiger partial charge in [-0.2, -0.15) is 0 Å². The maximum absolute atomic E-state index is 5.85. The van der Waals surface area contributed by atoms with E-state index in [-0.39, 0.29) is 6.04 Å². The fraction of sp³-hybridized carbons (Fsp3) is 0.333. The molecule has 2 nitrogen and oxygen atoms in total. The van der Waals surface area contributed by atoms with E-state index in [1.165, 1.54) is 26.8 Å². The molecule has 1 N–H and O–H groups in total. The van der Waals surface area contributed by atoms with Crippen LogP contribution in [0.25, 0.3) is 10.1 Å². The van der Waals surface area contributed by atoms with E-state index in [1.54, 1.807) is 0 Å². The van der Waals surface area contributed by atoms with Crippen LogP contribution in [-0.2, 0) is 0 Å². The largest absolute Gasteiger partial charge is 0.466 e. The van der Waals surface area contributed by atoms with Crippen molar-refractivity contribution in [1.29, 1.82) is 0 Å². The molecule has 0 saturated heterocycles. The average Bonchev–Trinajstić information content (AvgIpc) is 2.99. The van der Waals surface area contributed by atoms with Gasteiger partial charge in [-0.1, -0.05) is 25.1 Å². The first kappa shape index (κ1) is 14.4. The van der Waals surface area contributed by atoms with Crippen molar-refractivity contribution in [2.45, 2.75) is 33.7 Å². The van der Waals surface area contributed by atoms with E-state index >= 15 is 0 Å². The monoisotopic (exact) mass is 299 g/mol. The maximum Gasteiger partial charge on any atom is 0.106 e. The lowest BCUT2D eigenvalue weighted by Crippen LogP contribution is -2.22. The molecule has 21 heavy (non-hydrogen) atoms. The Bertz CT molecular complexity index is 769.